The molecule has 5 heteroatoms. The quantitative estimate of drug-likeness (QED) is 0.901. The Morgan fingerprint density at radius 3 is 2.48 bits per heavy atom. The molecule has 0 unspecified atom stereocenters. The number of thiazole rings is 1. The van der Waals surface area contributed by atoms with Crippen LogP contribution in [0.1, 0.15) is 54.0 Å². The molecule has 1 aromatic rings. The molecule has 2 N–H and O–H groups in total. The maximum atomic E-state index is 12.7. The first-order valence-corrected chi connectivity index (χ1v) is 9.85. The average molecular weight is 334 g/mol. The molecule has 1 heterocycles. The lowest BCUT2D eigenvalue weighted by Gasteiger charge is -2.57. The molecule has 4 nitrogen and oxygen atoms in total. The number of nitrogens with zero attached hydrogens (tertiary/aromatic N) is 2. The van der Waals surface area contributed by atoms with Gasteiger partial charge in [0.2, 0.25) is 0 Å². The highest BCUT2D eigenvalue weighted by atomic mass is 32.1. The minimum Gasteiger partial charge on any atom is -0.340 e. The molecule has 4 aliphatic carbocycles. The van der Waals surface area contributed by atoms with Crippen LogP contribution in [0, 0.1) is 23.2 Å². The molecule has 4 aliphatic rings. The summed E-state index contributed by atoms with van der Waals surface area (Å²) < 4.78 is 0. The van der Waals surface area contributed by atoms with E-state index in [9.17, 15) is 4.79 Å². The molecule has 5 rings (SSSR count). The van der Waals surface area contributed by atoms with Gasteiger partial charge in [-0.15, -0.1) is 11.3 Å². The van der Waals surface area contributed by atoms with Crippen LogP contribution in [0.2, 0.25) is 0 Å². The topological polar surface area (TPSA) is 59.2 Å². The summed E-state index contributed by atoms with van der Waals surface area (Å²) in [5, 5.41) is 2.86. The second kappa shape index (κ2) is 5.85. The summed E-state index contributed by atoms with van der Waals surface area (Å²) in [6.45, 7) is 1.50. The summed E-state index contributed by atoms with van der Waals surface area (Å²) in [6, 6.07) is 0. The fraction of sp³-hybridized carbons (Fsp3) is 0.778. The van der Waals surface area contributed by atoms with Crippen LogP contribution in [0.5, 0.6) is 0 Å². The van der Waals surface area contributed by atoms with Crippen molar-refractivity contribution in [3.63, 3.8) is 0 Å². The molecule has 0 saturated heterocycles. The van der Waals surface area contributed by atoms with Gasteiger partial charge in [-0.2, -0.15) is 0 Å². The van der Waals surface area contributed by atoms with E-state index in [4.69, 9.17) is 5.73 Å². The lowest BCUT2D eigenvalue weighted by atomic mass is 9.49. The number of rotatable bonds is 5. The van der Waals surface area contributed by atoms with Crippen molar-refractivity contribution in [2.45, 2.75) is 44.9 Å². The van der Waals surface area contributed by atoms with Gasteiger partial charge in [-0.25, -0.2) is 4.98 Å². The van der Waals surface area contributed by atoms with Crippen LogP contribution in [-0.2, 0) is 6.42 Å². The first kappa shape index (κ1) is 15.6. The molecular formula is C18H27N3OS. The monoisotopic (exact) mass is 333 g/mol. The van der Waals surface area contributed by atoms with Crippen molar-refractivity contribution in [2.24, 2.45) is 28.9 Å². The summed E-state index contributed by atoms with van der Waals surface area (Å²) in [7, 11) is 1.96. The molecule has 0 atom stereocenters. The first-order valence-electron chi connectivity index (χ1n) is 8.97. The second-order valence-electron chi connectivity index (χ2n) is 8.24. The van der Waals surface area contributed by atoms with Crippen LogP contribution in [0.3, 0.4) is 0 Å². The Balaban J connectivity index is 1.44. The van der Waals surface area contributed by atoms with E-state index in [1.807, 2.05) is 17.3 Å². The molecule has 1 aromatic heterocycles. The Morgan fingerprint density at radius 1 is 1.30 bits per heavy atom. The highest BCUT2D eigenvalue weighted by Gasteiger charge is 2.51. The van der Waals surface area contributed by atoms with E-state index in [0.29, 0.717) is 17.7 Å². The molecule has 4 fully saturated rings. The summed E-state index contributed by atoms with van der Waals surface area (Å²) in [4.78, 5) is 19.1. The molecule has 1 amide bonds. The zero-order valence-electron chi connectivity index (χ0n) is 14.0. The molecule has 0 aromatic carbocycles. The van der Waals surface area contributed by atoms with E-state index >= 15 is 0 Å². The fourth-order valence-electron chi connectivity index (χ4n) is 5.90. The van der Waals surface area contributed by atoms with Crippen molar-refractivity contribution in [2.75, 3.05) is 20.1 Å². The van der Waals surface area contributed by atoms with E-state index in [-0.39, 0.29) is 5.91 Å². The average Bonchev–Trinajstić information content (AvgIpc) is 2.93. The number of hydrogen-bond donors (Lipinski definition) is 1. The van der Waals surface area contributed by atoms with Crippen molar-refractivity contribution >= 4 is 17.2 Å². The number of aromatic nitrogens is 1. The van der Waals surface area contributed by atoms with Gasteiger partial charge < -0.3 is 10.6 Å². The summed E-state index contributed by atoms with van der Waals surface area (Å²) in [5.41, 5.74) is 6.57. The highest BCUT2D eigenvalue weighted by Crippen LogP contribution is 2.60. The molecular weight excluding hydrogens is 306 g/mol. The molecule has 126 valence electrons. The molecule has 23 heavy (non-hydrogen) atoms. The summed E-state index contributed by atoms with van der Waals surface area (Å²) >= 11 is 1.55. The van der Waals surface area contributed by atoms with Crippen molar-refractivity contribution in [3.8, 4) is 0 Å². The standard InChI is InChI=1S/C18H27N3OS/c1-21(17(22)15-10-23-16(20-15)2-3-19)11-18-7-12-4-13(8-18)6-14(5-12)9-18/h10,12-14H,2-9,11,19H2,1H3. The van der Waals surface area contributed by atoms with Gasteiger partial charge >= 0.3 is 0 Å². The van der Waals surface area contributed by atoms with E-state index in [0.717, 1.165) is 35.7 Å². The predicted octanol–water partition coefficient (Wildman–Crippen LogP) is 2.93. The van der Waals surface area contributed by atoms with E-state index in [1.165, 1.54) is 38.5 Å². The number of hydrogen-bond acceptors (Lipinski definition) is 4. The number of nitrogens with two attached hydrogens (primary N) is 1. The zero-order valence-corrected chi connectivity index (χ0v) is 14.8. The van der Waals surface area contributed by atoms with Gasteiger partial charge in [0, 0.05) is 25.4 Å². The van der Waals surface area contributed by atoms with Crippen LogP contribution >= 0.6 is 11.3 Å². The van der Waals surface area contributed by atoms with Crippen LogP contribution in [-0.4, -0.2) is 35.9 Å². The van der Waals surface area contributed by atoms with E-state index in [2.05, 4.69) is 4.98 Å². The van der Waals surface area contributed by atoms with Crippen LogP contribution in [0.15, 0.2) is 5.38 Å². The van der Waals surface area contributed by atoms with E-state index in [1.54, 1.807) is 11.3 Å². The minimum atomic E-state index is 0.0836. The number of carbonyl (C=O) groups excluding carboxylic acids is 1. The molecule has 0 spiro atoms. The Labute approximate surface area is 142 Å². The molecule has 4 saturated carbocycles. The highest BCUT2D eigenvalue weighted by molar-refractivity contribution is 7.09. The third-order valence-electron chi connectivity index (χ3n) is 6.21. The molecule has 4 bridgehead atoms. The fourth-order valence-corrected chi connectivity index (χ4v) is 6.69. The van der Waals surface area contributed by atoms with Crippen LogP contribution < -0.4 is 5.73 Å². The minimum absolute atomic E-state index is 0.0836. The Kier molecular flexibility index (Phi) is 3.96. The maximum absolute atomic E-state index is 12.7. The third kappa shape index (κ3) is 2.93. The van der Waals surface area contributed by atoms with Gasteiger partial charge in [0.1, 0.15) is 5.69 Å². The Hall–Kier alpha value is -0.940. The van der Waals surface area contributed by atoms with Gasteiger partial charge in [-0.1, -0.05) is 0 Å². The molecule has 0 radical (unpaired) electrons. The SMILES string of the molecule is CN(CC12CC3CC(CC(C3)C1)C2)C(=O)c1csc(CCN)n1. The van der Waals surface area contributed by atoms with Gasteiger partial charge in [-0.3, -0.25) is 4.79 Å². The predicted molar refractivity (Wildman–Crippen MR) is 92.4 cm³/mol. The summed E-state index contributed by atoms with van der Waals surface area (Å²) in [6.07, 6.45) is 9.13. The second-order valence-corrected chi connectivity index (χ2v) is 9.19. The van der Waals surface area contributed by atoms with Crippen molar-refractivity contribution in [1.29, 1.82) is 0 Å². The summed E-state index contributed by atoms with van der Waals surface area (Å²) in [5.74, 6) is 2.88. The lowest BCUT2D eigenvalue weighted by Crippen LogP contribution is -2.51. The van der Waals surface area contributed by atoms with Gasteiger partial charge in [0.15, 0.2) is 0 Å². The van der Waals surface area contributed by atoms with Gasteiger partial charge in [0.25, 0.3) is 5.91 Å². The van der Waals surface area contributed by atoms with Crippen molar-refractivity contribution < 1.29 is 4.79 Å². The van der Waals surface area contributed by atoms with Gasteiger partial charge in [-0.05, 0) is 68.2 Å². The Bertz CT molecular complexity index is 562. The lowest BCUT2D eigenvalue weighted by molar-refractivity contribution is -0.0629. The maximum Gasteiger partial charge on any atom is 0.273 e. The van der Waals surface area contributed by atoms with E-state index < -0.39 is 0 Å². The van der Waals surface area contributed by atoms with Crippen LogP contribution in [0.4, 0.5) is 0 Å². The molecule has 0 aliphatic heterocycles. The van der Waals surface area contributed by atoms with Crippen molar-refractivity contribution in [1.82, 2.24) is 9.88 Å². The number of carbonyl (C=O) groups is 1. The first-order chi connectivity index (χ1) is 11.1. The number of amides is 1. The smallest absolute Gasteiger partial charge is 0.273 e. The normalized spacial score (nSPS) is 34.8. The zero-order chi connectivity index (χ0) is 16.0. The van der Waals surface area contributed by atoms with Gasteiger partial charge in [0.05, 0.1) is 5.01 Å². The largest absolute Gasteiger partial charge is 0.340 e. The Morgan fingerprint density at radius 2 is 1.91 bits per heavy atom. The van der Waals surface area contributed by atoms with Crippen LogP contribution in [0.25, 0.3) is 0 Å². The third-order valence-corrected chi connectivity index (χ3v) is 7.12. The van der Waals surface area contributed by atoms with Crippen molar-refractivity contribution in [3.05, 3.63) is 16.1 Å².